The largest absolute Gasteiger partial charge is 0.483 e. The van der Waals surface area contributed by atoms with E-state index in [0.29, 0.717) is 17.1 Å². The summed E-state index contributed by atoms with van der Waals surface area (Å²) >= 11 is 0. The number of sulfonamides is 1. The van der Waals surface area contributed by atoms with E-state index >= 15 is 0 Å². The number of H-pyrrole nitrogens is 1. The van der Waals surface area contributed by atoms with Crippen LogP contribution in [-0.4, -0.2) is 44.2 Å². The van der Waals surface area contributed by atoms with Crippen molar-refractivity contribution in [2.45, 2.75) is 39.5 Å². The van der Waals surface area contributed by atoms with Crippen molar-refractivity contribution in [1.29, 1.82) is 0 Å². The lowest BCUT2D eigenvalue weighted by molar-refractivity contribution is -0.123. The van der Waals surface area contributed by atoms with Gasteiger partial charge in [0.1, 0.15) is 10.6 Å². The molecule has 8 nitrogen and oxygen atoms in total. The highest BCUT2D eigenvalue weighted by Gasteiger charge is 2.21. The number of carbonyl (C=O) groups is 1. The van der Waals surface area contributed by atoms with Crippen LogP contribution in [0.4, 0.5) is 0 Å². The van der Waals surface area contributed by atoms with E-state index in [1.54, 1.807) is 13.8 Å². The Labute approximate surface area is 159 Å². The second-order valence-corrected chi connectivity index (χ2v) is 8.16. The van der Waals surface area contributed by atoms with Crippen molar-refractivity contribution in [1.82, 2.24) is 20.2 Å². The Kier molecular flexibility index (Phi) is 6.61. The molecular weight excluding hydrogens is 368 g/mol. The summed E-state index contributed by atoms with van der Waals surface area (Å²) in [6.07, 6.45) is 0. The first kappa shape index (κ1) is 20.9. The highest BCUT2D eigenvalue weighted by molar-refractivity contribution is 7.89. The first-order valence-electron chi connectivity index (χ1n) is 8.61. The van der Waals surface area contributed by atoms with Gasteiger partial charge in [-0.3, -0.25) is 9.89 Å². The van der Waals surface area contributed by atoms with Gasteiger partial charge in [0.2, 0.25) is 10.0 Å². The molecule has 148 valence electrons. The number of ether oxygens (including phenoxy) is 1. The number of carbonyl (C=O) groups excluding carboxylic acids is 1. The number of rotatable bonds is 8. The standard InChI is InChI=1S/C18H26N4O4S/c1-11-6-7-12(2)17(13(11)3)26-10-16(23)19-8-9-20-27(24,25)18-14(4)21-22-15(18)5/h6-7,20H,8-10H2,1-5H3,(H,19,23)(H,21,22). The van der Waals surface area contributed by atoms with Crippen molar-refractivity contribution in [2.75, 3.05) is 19.7 Å². The maximum atomic E-state index is 12.3. The molecule has 0 unspecified atom stereocenters. The molecule has 9 heteroatoms. The zero-order valence-corrected chi connectivity index (χ0v) is 17.1. The molecule has 0 bridgehead atoms. The van der Waals surface area contributed by atoms with Crippen LogP contribution in [0.3, 0.4) is 0 Å². The van der Waals surface area contributed by atoms with Crippen LogP contribution in [-0.2, 0) is 14.8 Å². The number of aryl methyl sites for hydroxylation is 4. The minimum atomic E-state index is -3.67. The summed E-state index contributed by atoms with van der Waals surface area (Å²) in [4.78, 5) is 12.1. The normalized spacial score (nSPS) is 11.4. The Morgan fingerprint density at radius 1 is 1.11 bits per heavy atom. The Morgan fingerprint density at radius 2 is 1.78 bits per heavy atom. The quantitative estimate of drug-likeness (QED) is 0.586. The summed E-state index contributed by atoms with van der Waals surface area (Å²) in [5, 5.41) is 9.16. The average Bonchev–Trinajstić information content (AvgIpc) is 2.94. The number of aromatic nitrogens is 2. The molecule has 0 saturated heterocycles. The number of hydrogen-bond donors (Lipinski definition) is 3. The molecule has 2 rings (SSSR count). The monoisotopic (exact) mass is 394 g/mol. The number of amides is 1. The second-order valence-electron chi connectivity index (χ2n) is 6.45. The predicted octanol–water partition coefficient (Wildman–Crippen LogP) is 1.43. The third-order valence-corrected chi connectivity index (χ3v) is 6.01. The fraction of sp³-hybridized carbons (Fsp3) is 0.444. The zero-order chi connectivity index (χ0) is 20.2. The van der Waals surface area contributed by atoms with E-state index in [1.165, 1.54) is 0 Å². The van der Waals surface area contributed by atoms with Gasteiger partial charge >= 0.3 is 0 Å². The van der Waals surface area contributed by atoms with E-state index in [-0.39, 0.29) is 30.5 Å². The molecule has 1 amide bonds. The lowest BCUT2D eigenvalue weighted by atomic mass is 10.1. The molecular formula is C18H26N4O4S. The van der Waals surface area contributed by atoms with Crippen LogP contribution in [0.1, 0.15) is 28.1 Å². The SMILES string of the molecule is Cc1ccc(C)c(OCC(=O)NCCNS(=O)(=O)c2c(C)n[nH]c2C)c1C. The third-order valence-electron chi connectivity index (χ3n) is 4.29. The Morgan fingerprint density at radius 3 is 2.41 bits per heavy atom. The first-order chi connectivity index (χ1) is 12.6. The molecule has 0 fully saturated rings. The maximum Gasteiger partial charge on any atom is 0.257 e. The fourth-order valence-electron chi connectivity index (χ4n) is 2.73. The van der Waals surface area contributed by atoms with Crippen molar-refractivity contribution in [3.63, 3.8) is 0 Å². The molecule has 1 heterocycles. The van der Waals surface area contributed by atoms with Crippen molar-refractivity contribution < 1.29 is 17.9 Å². The minimum absolute atomic E-state index is 0.0701. The van der Waals surface area contributed by atoms with E-state index in [9.17, 15) is 13.2 Å². The van der Waals surface area contributed by atoms with Crippen LogP contribution >= 0.6 is 0 Å². The third kappa shape index (κ3) is 5.08. The van der Waals surface area contributed by atoms with Gasteiger partial charge < -0.3 is 10.1 Å². The summed E-state index contributed by atoms with van der Waals surface area (Å²) in [7, 11) is -3.67. The Bertz CT molecular complexity index is 916. The van der Waals surface area contributed by atoms with Gasteiger partial charge in [0.15, 0.2) is 6.61 Å². The molecule has 0 aliphatic rings. The van der Waals surface area contributed by atoms with Crippen molar-refractivity contribution >= 4 is 15.9 Å². The molecule has 3 N–H and O–H groups in total. The lowest BCUT2D eigenvalue weighted by Crippen LogP contribution is -2.37. The number of benzene rings is 1. The lowest BCUT2D eigenvalue weighted by Gasteiger charge is -2.14. The van der Waals surface area contributed by atoms with Gasteiger partial charge in [-0.15, -0.1) is 0 Å². The van der Waals surface area contributed by atoms with E-state index in [0.717, 1.165) is 16.7 Å². The summed E-state index contributed by atoms with van der Waals surface area (Å²) in [6.45, 7) is 9.22. The number of hydrogen-bond acceptors (Lipinski definition) is 5. The highest BCUT2D eigenvalue weighted by atomic mass is 32.2. The Balaban J connectivity index is 1.81. The van der Waals surface area contributed by atoms with Crippen LogP contribution < -0.4 is 14.8 Å². The van der Waals surface area contributed by atoms with Crippen molar-refractivity contribution in [3.8, 4) is 5.75 Å². The van der Waals surface area contributed by atoms with Crippen LogP contribution in [0.5, 0.6) is 5.75 Å². The van der Waals surface area contributed by atoms with Crippen LogP contribution in [0.2, 0.25) is 0 Å². The molecule has 1 aromatic heterocycles. The average molecular weight is 394 g/mol. The molecule has 0 radical (unpaired) electrons. The summed E-state index contributed by atoms with van der Waals surface area (Å²) in [6, 6.07) is 3.96. The van der Waals surface area contributed by atoms with Crippen LogP contribution in [0.15, 0.2) is 17.0 Å². The van der Waals surface area contributed by atoms with Crippen molar-refractivity contribution in [3.05, 3.63) is 40.2 Å². The van der Waals surface area contributed by atoms with Crippen molar-refractivity contribution in [2.24, 2.45) is 0 Å². The Hall–Kier alpha value is -2.39. The topological polar surface area (TPSA) is 113 Å². The summed E-state index contributed by atoms with van der Waals surface area (Å²) in [5.74, 6) is 0.391. The van der Waals surface area contributed by atoms with Gasteiger partial charge in [-0.05, 0) is 51.3 Å². The zero-order valence-electron chi connectivity index (χ0n) is 16.3. The number of nitrogens with one attached hydrogen (secondary N) is 3. The molecule has 0 spiro atoms. The smallest absolute Gasteiger partial charge is 0.257 e. The molecule has 0 aliphatic heterocycles. The van der Waals surface area contributed by atoms with Gasteiger partial charge in [0, 0.05) is 13.1 Å². The molecule has 27 heavy (non-hydrogen) atoms. The number of nitrogens with zero attached hydrogens (tertiary/aromatic N) is 1. The molecule has 0 saturated carbocycles. The van der Waals surface area contributed by atoms with Crippen LogP contribution in [0.25, 0.3) is 0 Å². The maximum absolute atomic E-state index is 12.3. The number of aromatic amines is 1. The van der Waals surface area contributed by atoms with E-state index in [4.69, 9.17) is 4.74 Å². The molecule has 0 aliphatic carbocycles. The highest BCUT2D eigenvalue weighted by Crippen LogP contribution is 2.25. The van der Waals surface area contributed by atoms with Gasteiger partial charge in [-0.25, -0.2) is 13.1 Å². The summed E-state index contributed by atoms with van der Waals surface area (Å²) < 4.78 is 32.7. The van der Waals surface area contributed by atoms with Gasteiger partial charge in [0.05, 0.1) is 11.4 Å². The molecule has 2 aromatic rings. The van der Waals surface area contributed by atoms with E-state index in [2.05, 4.69) is 20.2 Å². The van der Waals surface area contributed by atoms with Gasteiger partial charge in [-0.1, -0.05) is 12.1 Å². The second kappa shape index (κ2) is 8.53. The summed E-state index contributed by atoms with van der Waals surface area (Å²) in [5.41, 5.74) is 3.93. The molecule has 1 aromatic carbocycles. The fourth-order valence-corrected chi connectivity index (χ4v) is 4.13. The van der Waals surface area contributed by atoms with Crippen LogP contribution in [0, 0.1) is 34.6 Å². The van der Waals surface area contributed by atoms with E-state index < -0.39 is 10.0 Å². The molecule has 0 atom stereocenters. The van der Waals surface area contributed by atoms with Gasteiger partial charge in [0.25, 0.3) is 5.91 Å². The predicted molar refractivity (Wildman–Crippen MR) is 102 cm³/mol. The first-order valence-corrected chi connectivity index (χ1v) is 10.1. The van der Waals surface area contributed by atoms with E-state index in [1.807, 2.05) is 32.9 Å². The van der Waals surface area contributed by atoms with Gasteiger partial charge in [-0.2, -0.15) is 5.10 Å². The minimum Gasteiger partial charge on any atom is -0.483 e.